The van der Waals surface area contributed by atoms with E-state index in [1.807, 2.05) is 44.4 Å². The average Bonchev–Trinajstić information content (AvgIpc) is 3.40. The van der Waals surface area contributed by atoms with Crippen molar-refractivity contribution in [1.29, 1.82) is 0 Å². The molecular formula is C21H25N5O3S2. The Balaban J connectivity index is 1.70. The SMILES string of the molecule is CCc1ccc(S(=O)(=O)c2nnn3c2nc(NCCCOC(C)C)c2sccc23)cc1. The standard InChI is InChI=1S/C21H25N5O3S2/c1-4-15-6-8-16(9-7-15)31(27,28)21-20-23-19(22-11-5-12-29-14(2)3)18-17(10-13-30-18)26(20)25-24-21/h6-10,13-14H,4-5,11-12H2,1-3H3,(H,22,23). The van der Waals surface area contributed by atoms with Gasteiger partial charge < -0.3 is 10.1 Å². The van der Waals surface area contributed by atoms with Crippen molar-refractivity contribution in [2.75, 3.05) is 18.5 Å². The van der Waals surface area contributed by atoms with Crippen molar-refractivity contribution in [3.63, 3.8) is 0 Å². The number of sulfone groups is 1. The summed E-state index contributed by atoms with van der Waals surface area (Å²) in [7, 11) is -3.86. The van der Waals surface area contributed by atoms with E-state index in [-0.39, 0.29) is 21.7 Å². The summed E-state index contributed by atoms with van der Waals surface area (Å²) in [4.78, 5) is 4.79. The van der Waals surface area contributed by atoms with Crippen LogP contribution >= 0.6 is 11.3 Å². The lowest BCUT2D eigenvalue weighted by molar-refractivity contribution is 0.0787. The van der Waals surface area contributed by atoms with Gasteiger partial charge in [0.25, 0.3) is 0 Å². The van der Waals surface area contributed by atoms with Gasteiger partial charge in [0.2, 0.25) is 14.9 Å². The maximum absolute atomic E-state index is 13.3. The van der Waals surface area contributed by atoms with Gasteiger partial charge in [-0.2, -0.15) is 4.52 Å². The molecule has 31 heavy (non-hydrogen) atoms. The van der Waals surface area contributed by atoms with Crippen LogP contribution in [-0.2, 0) is 21.0 Å². The molecule has 0 aliphatic heterocycles. The molecule has 3 aromatic heterocycles. The van der Waals surface area contributed by atoms with E-state index in [4.69, 9.17) is 4.74 Å². The molecule has 0 aliphatic carbocycles. The van der Waals surface area contributed by atoms with Crippen LogP contribution in [0.5, 0.6) is 0 Å². The van der Waals surface area contributed by atoms with Gasteiger partial charge in [-0.15, -0.1) is 16.4 Å². The minimum Gasteiger partial charge on any atom is -0.379 e. The first-order valence-electron chi connectivity index (χ1n) is 10.2. The van der Waals surface area contributed by atoms with E-state index in [0.717, 1.165) is 28.6 Å². The smallest absolute Gasteiger partial charge is 0.229 e. The minimum absolute atomic E-state index is 0.143. The number of aromatic nitrogens is 4. The zero-order valence-electron chi connectivity index (χ0n) is 17.7. The third-order valence-electron chi connectivity index (χ3n) is 4.88. The number of benzene rings is 1. The Hall–Kier alpha value is -2.56. The first kappa shape index (κ1) is 21.7. The Morgan fingerprint density at radius 2 is 1.97 bits per heavy atom. The molecule has 0 aliphatic rings. The van der Waals surface area contributed by atoms with Crippen molar-refractivity contribution in [1.82, 2.24) is 19.8 Å². The summed E-state index contributed by atoms with van der Waals surface area (Å²) in [5.74, 6) is 0.627. The zero-order chi connectivity index (χ0) is 22.0. The topological polar surface area (TPSA) is 98.5 Å². The maximum Gasteiger partial charge on any atom is 0.229 e. The number of ether oxygens (including phenoxy) is 1. The minimum atomic E-state index is -3.86. The molecule has 4 aromatic rings. The third-order valence-corrected chi connectivity index (χ3v) is 7.46. The van der Waals surface area contributed by atoms with Crippen LogP contribution in [0.15, 0.2) is 45.6 Å². The highest BCUT2D eigenvalue weighted by molar-refractivity contribution is 7.91. The van der Waals surface area contributed by atoms with Gasteiger partial charge in [-0.05, 0) is 55.8 Å². The van der Waals surface area contributed by atoms with Crippen molar-refractivity contribution in [3.8, 4) is 0 Å². The second-order valence-corrected chi connectivity index (χ2v) is 10.2. The molecular weight excluding hydrogens is 434 g/mol. The van der Waals surface area contributed by atoms with E-state index in [1.54, 1.807) is 12.1 Å². The average molecular weight is 460 g/mol. The fraction of sp³-hybridized carbons (Fsp3) is 0.381. The van der Waals surface area contributed by atoms with Crippen LogP contribution in [0, 0.1) is 0 Å². The summed E-state index contributed by atoms with van der Waals surface area (Å²) in [6, 6.07) is 8.74. The monoisotopic (exact) mass is 459 g/mol. The number of fused-ring (bicyclic) bond motifs is 3. The molecule has 3 heterocycles. The highest BCUT2D eigenvalue weighted by atomic mass is 32.2. The van der Waals surface area contributed by atoms with Crippen LogP contribution in [0.4, 0.5) is 5.82 Å². The molecule has 0 atom stereocenters. The Morgan fingerprint density at radius 1 is 1.19 bits per heavy atom. The molecule has 1 aromatic carbocycles. The molecule has 164 valence electrons. The molecule has 1 N–H and O–H groups in total. The number of nitrogens with zero attached hydrogens (tertiary/aromatic N) is 4. The summed E-state index contributed by atoms with van der Waals surface area (Å²) in [6.07, 6.45) is 1.84. The second-order valence-electron chi connectivity index (χ2n) is 7.43. The summed E-state index contributed by atoms with van der Waals surface area (Å²) in [5.41, 5.74) is 2.05. The van der Waals surface area contributed by atoms with Gasteiger partial charge in [0.05, 0.1) is 21.2 Å². The van der Waals surface area contributed by atoms with E-state index in [9.17, 15) is 8.42 Å². The first-order chi connectivity index (χ1) is 14.9. The van der Waals surface area contributed by atoms with Crippen LogP contribution in [-0.4, -0.2) is 47.5 Å². The molecule has 0 bridgehead atoms. The molecule has 0 radical (unpaired) electrons. The van der Waals surface area contributed by atoms with Gasteiger partial charge >= 0.3 is 0 Å². The molecule has 0 fully saturated rings. The first-order valence-corrected chi connectivity index (χ1v) is 12.6. The Labute approximate surface area is 185 Å². The quantitative estimate of drug-likeness (QED) is 0.378. The fourth-order valence-electron chi connectivity index (χ4n) is 3.23. The highest BCUT2D eigenvalue weighted by Gasteiger charge is 2.27. The van der Waals surface area contributed by atoms with Crippen LogP contribution in [0.1, 0.15) is 32.8 Å². The Bertz CT molecular complexity index is 1290. The van der Waals surface area contributed by atoms with Gasteiger partial charge in [0, 0.05) is 13.2 Å². The lowest BCUT2D eigenvalue weighted by atomic mass is 10.2. The van der Waals surface area contributed by atoms with Crippen molar-refractivity contribution < 1.29 is 13.2 Å². The van der Waals surface area contributed by atoms with Crippen LogP contribution in [0.2, 0.25) is 0 Å². The largest absolute Gasteiger partial charge is 0.379 e. The summed E-state index contributed by atoms with van der Waals surface area (Å²) in [5, 5.41) is 13.2. The number of aryl methyl sites for hydroxylation is 1. The van der Waals surface area contributed by atoms with Gasteiger partial charge in [0.15, 0.2) is 5.65 Å². The lowest BCUT2D eigenvalue weighted by Crippen LogP contribution is -2.11. The van der Waals surface area contributed by atoms with Gasteiger partial charge in [0.1, 0.15) is 5.82 Å². The molecule has 10 heteroatoms. The molecule has 0 saturated heterocycles. The zero-order valence-corrected chi connectivity index (χ0v) is 19.3. The number of rotatable bonds is 9. The van der Waals surface area contributed by atoms with Crippen molar-refractivity contribution in [2.24, 2.45) is 0 Å². The van der Waals surface area contributed by atoms with Gasteiger partial charge in [-0.3, -0.25) is 0 Å². The Kier molecular flexibility index (Phi) is 6.22. The number of anilines is 1. The number of nitrogens with one attached hydrogen (secondary N) is 1. The predicted molar refractivity (Wildman–Crippen MR) is 122 cm³/mol. The van der Waals surface area contributed by atoms with E-state index >= 15 is 0 Å². The number of hydrogen-bond acceptors (Lipinski definition) is 8. The van der Waals surface area contributed by atoms with E-state index in [1.165, 1.54) is 15.9 Å². The molecule has 0 amide bonds. The molecule has 0 unspecified atom stereocenters. The molecule has 0 spiro atoms. The van der Waals surface area contributed by atoms with Gasteiger partial charge in [-0.25, -0.2) is 13.4 Å². The summed E-state index contributed by atoms with van der Waals surface area (Å²) < 4.78 is 34.5. The molecule has 4 rings (SSSR count). The van der Waals surface area contributed by atoms with Crippen LogP contribution in [0.3, 0.4) is 0 Å². The normalized spacial score (nSPS) is 12.3. The predicted octanol–water partition coefficient (Wildman–Crippen LogP) is 3.96. The van der Waals surface area contributed by atoms with E-state index < -0.39 is 9.84 Å². The molecule has 8 nitrogen and oxygen atoms in total. The summed E-state index contributed by atoms with van der Waals surface area (Å²) >= 11 is 1.52. The van der Waals surface area contributed by atoms with Crippen molar-refractivity contribution in [3.05, 3.63) is 41.3 Å². The van der Waals surface area contributed by atoms with Gasteiger partial charge in [-0.1, -0.05) is 24.3 Å². The third kappa shape index (κ3) is 4.28. The maximum atomic E-state index is 13.3. The van der Waals surface area contributed by atoms with Crippen LogP contribution in [0.25, 0.3) is 15.9 Å². The van der Waals surface area contributed by atoms with Crippen molar-refractivity contribution >= 4 is 42.9 Å². The van der Waals surface area contributed by atoms with E-state index in [0.29, 0.717) is 19.0 Å². The van der Waals surface area contributed by atoms with Crippen molar-refractivity contribution in [2.45, 2.75) is 49.6 Å². The Morgan fingerprint density at radius 3 is 2.68 bits per heavy atom. The second kappa shape index (κ2) is 8.89. The number of hydrogen-bond donors (Lipinski definition) is 1. The lowest BCUT2D eigenvalue weighted by Gasteiger charge is -2.10. The number of thiophene rings is 1. The van der Waals surface area contributed by atoms with Crippen LogP contribution < -0.4 is 5.32 Å². The molecule has 0 saturated carbocycles. The summed E-state index contributed by atoms with van der Waals surface area (Å²) in [6.45, 7) is 7.33. The highest BCUT2D eigenvalue weighted by Crippen LogP contribution is 2.31. The van der Waals surface area contributed by atoms with E-state index in [2.05, 4.69) is 20.6 Å². The fourth-order valence-corrected chi connectivity index (χ4v) is 5.30.